The first kappa shape index (κ1) is 11.2. The second kappa shape index (κ2) is 4.09. The van der Waals surface area contributed by atoms with Crippen molar-refractivity contribution in [1.82, 2.24) is 0 Å². The molecule has 14 heavy (non-hydrogen) atoms. The number of benzene rings is 1. The molecule has 1 aromatic carbocycles. The van der Waals surface area contributed by atoms with Gasteiger partial charge in [0, 0.05) is 0 Å². The lowest BCUT2D eigenvalue weighted by Crippen LogP contribution is -2.01. The Kier molecular flexibility index (Phi) is 3.26. The Bertz CT molecular complexity index is 410. The van der Waals surface area contributed by atoms with Crippen LogP contribution in [0.1, 0.15) is 30.9 Å². The van der Waals surface area contributed by atoms with Gasteiger partial charge in [0.25, 0.3) is 0 Å². The quantitative estimate of drug-likeness (QED) is 0.728. The predicted molar refractivity (Wildman–Crippen MR) is 54.3 cm³/mol. The number of hydrogen-bond donors (Lipinski definition) is 0. The first-order valence-electron chi connectivity index (χ1n) is 4.40. The molecule has 0 N–H and O–H groups in total. The SMILES string of the molecule is CC(C)c1ccccc1CS(=O)(=O)F. The lowest BCUT2D eigenvalue weighted by Gasteiger charge is -2.10. The largest absolute Gasteiger partial charge is 0.306 e. The maximum atomic E-state index is 12.5. The normalized spacial score (nSPS) is 12.0. The van der Waals surface area contributed by atoms with Gasteiger partial charge in [0.2, 0.25) is 0 Å². The minimum absolute atomic E-state index is 0.202. The topological polar surface area (TPSA) is 34.1 Å². The summed E-state index contributed by atoms with van der Waals surface area (Å²) in [5, 5.41) is 0. The Balaban J connectivity index is 3.08. The molecule has 0 saturated carbocycles. The van der Waals surface area contributed by atoms with Gasteiger partial charge in [-0.05, 0) is 17.0 Å². The second-order valence-electron chi connectivity index (χ2n) is 3.54. The molecule has 0 radical (unpaired) electrons. The summed E-state index contributed by atoms with van der Waals surface area (Å²) in [5.74, 6) is -0.325. The minimum Gasteiger partial charge on any atom is -0.194 e. The highest BCUT2D eigenvalue weighted by molar-refractivity contribution is 7.85. The Morgan fingerprint density at radius 2 is 1.86 bits per heavy atom. The molecule has 0 fully saturated rings. The Morgan fingerprint density at radius 3 is 2.36 bits per heavy atom. The van der Waals surface area contributed by atoms with E-state index >= 15 is 0 Å². The van der Waals surface area contributed by atoms with E-state index in [1.165, 1.54) is 0 Å². The molecule has 0 atom stereocenters. The first-order chi connectivity index (χ1) is 6.40. The van der Waals surface area contributed by atoms with E-state index in [4.69, 9.17) is 0 Å². The van der Waals surface area contributed by atoms with Crippen molar-refractivity contribution in [2.45, 2.75) is 25.5 Å². The van der Waals surface area contributed by atoms with Crippen LogP contribution < -0.4 is 0 Å². The van der Waals surface area contributed by atoms with Gasteiger partial charge in [-0.15, -0.1) is 3.89 Å². The maximum absolute atomic E-state index is 12.5. The molecule has 78 valence electrons. The third kappa shape index (κ3) is 3.10. The number of halogens is 1. The van der Waals surface area contributed by atoms with Gasteiger partial charge in [0.15, 0.2) is 0 Å². The predicted octanol–water partition coefficient (Wildman–Crippen LogP) is 2.61. The summed E-state index contributed by atoms with van der Waals surface area (Å²) in [6.45, 7) is 3.90. The van der Waals surface area contributed by atoms with Crippen molar-refractivity contribution in [3.63, 3.8) is 0 Å². The van der Waals surface area contributed by atoms with Crippen molar-refractivity contribution in [2.75, 3.05) is 0 Å². The molecular weight excluding hydrogens is 203 g/mol. The smallest absolute Gasteiger partial charge is 0.194 e. The van der Waals surface area contributed by atoms with E-state index in [0.717, 1.165) is 5.56 Å². The maximum Gasteiger partial charge on any atom is 0.306 e. The molecule has 2 nitrogen and oxygen atoms in total. The molecule has 0 aliphatic carbocycles. The van der Waals surface area contributed by atoms with E-state index in [2.05, 4.69) is 0 Å². The van der Waals surface area contributed by atoms with Gasteiger partial charge < -0.3 is 0 Å². The van der Waals surface area contributed by atoms with E-state index in [1.54, 1.807) is 12.1 Å². The monoisotopic (exact) mass is 216 g/mol. The summed E-state index contributed by atoms with van der Waals surface area (Å²) >= 11 is 0. The highest BCUT2D eigenvalue weighted by atomic mass is 32.3. The van der Waals surface area contributed by atoms with Gasteiger partial charge in [-0.2, -0.15) is 8.42 Å². The number of hydrogen-bond acceptors (Lipinski definition) is 2. The van der Waals surface area contributed by atoms with Gasteiger partial charge in [-0.25, -0.2) is 0 Å². The molecule has 0 unspecified atom stereocenters. The van der Waals surface area contributed by atoms with Gasteiger partial charge in [-0.1, -0.05) is 38.1 Å². The standard InChI is InChI=1S/C10H13FO2S/c1-8(2)10-6-4-3-5-9(10)7-14(11,12)13/h3-6,8H,7H2,1-2H3. The molecule has 0 aliphatic rings. The van der Waals surface area contributed by atoms with Crippen LogP contribution in [-0.2, 0) is 16.0 Å². The summed E-state index contributed by atoms with van der Waals surface area (Å²) in [6, 6.07) is 7.01. The molecule has 0 aliphatic heterocycles. The van der Waals surface area contributed by atoms with E-state index < -0.39 is 16.0 Å². The van der Waals surface area contributed by atoms with Gasteiger partial charge in [0.1, 0.15) is 5.75 Å². The zero-order valence-corrected chi connectivity index (χ0v) is 9.01. The molecule has 1 aromatic rings. The lowest BCUT2D eigenvalue weighted by molar-refractivity contribution is 0.550. The molecule has 0 amide bonds. The molecule has 0 saturated heterocycles. The molecule has 1 rings (SSSR count). The fraction of sp³-hybridized carbons (Fsp3) is 0.400. The summed E-state index contributed by atoms with van der Waals surface area (Å²) in [6.07, 6.45) is 0. The van der Waals surface area contributed by atoms with E-state index in [0.29, 0.717) is 5.56 Å². The van der Waals surface area contributed by atoms with Crippen molar-refractivity contribution in [1.29, 1.82) is 0 Å². The third-order valence-electron chi connectivity index (χ3n) is 2.01. The van der Waals surface area contributed by atoms with Crippen LogP contribution in [0.2, 0.25) is 0 Å². The highest BCUT2D eigenvalue weighted by Crippen LogP contribution is 2.21. The van der Waals surface area contributed by atoms with Crippen molar-refractivity contribution in [3.05, 3.63) is 35.4 Å². The van der Waals surface area contributed by atoms with Crippen molar-refractivity contribution in [3.8, 4) is 0 Å². The van der Waals surface area contributed by atoms with Crippen LogP contribution in [0.25, 0.3) is 0 Å². The first-order valence-corrected chi connectivity index (χ1v) is 5.95. The zero-order valence-electron chi connectivity index (χ0n) is 8.20. The van der Waals surface area contributed by atoms with Crippen LogP contribution in [0.5, 0.6) is 0 Å². The van der Waals surface area contributed by atoms with Crippen LogP contribution in [0.15, 0.2) is 24.3 Å². The summed E-state index contributed by atoms with van der Waals surface area (Å²) in [5.41, 5.74) is 1.43. The molecule has 4 heteroatoms. The zero-order chi connectivity index (χ0) is 10.8. The number of rotatable bonds is 3. The van der Waals surface area contributed by atoms with Crippen LogP contribution in [0.3, 0.4) is 0 Å². The molecule has 0 spiro atoms. The van der Waals surface area contributed by atoms with Crippen LogP contribution in [0.4, 0.5) is 3.89 Å². The Morgan fingerprint density at radius 1 is 1.29 bits per heavy atom. The third-order valence-corrected chi connectivity index (χ3v) is 2.66. The van der Waals surface area contributed by atoms with Crippen molar-refractivity contribution >= 4 is 10.2 Å². The average Bonchev–Trinajstić information content (AvgIpc) is 2.01. The molecule has 0 bridgehead atoms. The fourth-order valence-electron chi connectivity index (χ4n) is 1.41. The molecule has 0 heterocycles. The molecular formula is C10H13FO2S. The Hall–Kier alpha value is -0.900. The average molecular weight is 216 g/mol. The summed E-state index contributed by atoms with van der Waals surface area (Å²) < 4.78 is 33.5. The van der Waals surface area contributed by atoms with E-state index in [-0.39, 0.29) is 5.92 Å². The minimum atomic E-state index is -4.43. The lowest BCUT2D eigenvalue weighted by atomic mass is 9.98. The molecule has 0 aromatic heterocycles. The summed E-state index contributed by atoms with van der Waals surface area (Å²) in [7, 11) is -4.43. The van der Waals surface area contributed by atoms with Crippen LogP contribution in [0, 0.1) is 0 Å². The Labute approximate surface area is 84.0 Å². The summed E-state index contributed by atoms with van der Waals surface area (Å²) in [4.78, 5) is 0. The van der Waals surface area contributed by atoms with E-state index in [1.807, 2.05) is 26.0 Å². The highest BCUT2D eigenvalue weighted by Gasteiger charge is 2.13. The van der Waals surface area contributed by atoms with Gasteiger partial charge >= 0.3 is 10.2 Å². The van der Waals surface area contributed by atoms with Gasteiger partial charge in [0.05, 0.1) is 0 Å². The van der Waals surface area contributed by atoms with Crippen molar-refractivity contribution < 1.29 is 12.3 Å². The fourth-order valence-corrected chi connectivity index (χ4v) is 2.05. The van der Waals surface area contributed by atoms with Crippen LogP contribution >= 0.6 is 0 Å². The second-order valence-corrected chi connectivity index (χ2v) is 4.90. The van der Waals surface area contributed by atoms with Gasteiger partial charge in [-0.3, -0.25) is 0 Å². The van der Waals surface area contributed by atoms with Crippen LogP contribution in [-0.4, -0.2) is 8.42 Å². The van der Waals surface area contributed by atoms with Crippen molar-refractivity contribution in [2.24, 2.45) is 0 Å². The van der Waals surface area contributed by atoms with E-state index in [9.17, 15) is 12.3 Å².